The zero-order chi connectivity index (χ0) is 34.2. The molecule has 1 spiro atoms. The predicted molar refractivity (Wildman–Crippen MR) is 211 cm³/mol. The number of allylic oxidation sites excluding steroid dienone is 10. The van der Waals surface area contributed by atoms with Crippen molar-refractivity contribution in [1.82, 2.24) is 4.57 Å². The number of ether oxygens (including phenoxy) is 2. The molecule has 5 unspecified atom stereocenters. The number of nitrogens with zero attached hydrogens (tertiary/aromatic N) is 1. The Hall–Kier alpha value is -5.02. The van der Waals surface area contributed by atoms with E-state index in [-0.39, 0.29) is 12.0 Å². The molecule has 1 aromatic heterocycles. The molecular formula is C49H45NO2. The van der Waals surface area contributed by atoms with Crippen LogP contribution in [-0.4, -0.2) is 10.7 Å². The second-order valence-corrected chi connectivity index (χ2v) is 15.9. The van der Waals surface area contributed by atoms with Crippen molar-refractivity contribution in [2.45, 2.75) is 75.3 Å². The van der Waals surface area contributed by atoms with Crippen LogP contribution in [0.4, 0.5) is 0 Å². The van der Waals surface area contributed by atoms with E-state index in [0.29, 0.717) is 17.9 Å². The molecule has 4 aromatic rings. The van der Waals surface area contributed by atoms with Gasteiger partial charge >= 0.3 is 0 Å². The summed E-state index contributed by atoms with van der Waals surface area (Å²) in [6.45, 7) is 0. The summed E-state index contributed by atoms with van der Waals surface area (Å²) in [5, 5.41) is 1.40. The van der Waals surface area contributed by atoms with Gasteiger partial charge in [0.1, 0.15) is 23.4 Å². The van der Waals surface area contributed by atoms with Crippen LogP contribution >= 0.6 is 0 Å². The number of rotatable bonds is 3. The molecular weight excluding hydrogens is 635 g/mol. The molecule has 0 amide bonds. The smallest absolute Gasteiger partial charge is 0.131 e. The maximum Gasteiger partial charge on any atom is 0.131 e. The Balaban J connectivity index is 1.18. The van der Waals surface area contributed by atoms with E-state index in [1.807, 2.05) is 0 Å². The van der Waals surface area contributed by atoms with Gasteiger partial charge in [-0.15, -0.1) is 0 Å². The van der Waals surface area contributed by atoms with Crippen LogP contribution < -0.4 is 4.74 Å². The Morgan fingerprint density at radius 2 is 1.62 bits per heavy atom. The molecule has 11 rings (SSSR count). The first-order valence-electron chi connectivity index (χ1n) is 19.8. The first-order chi connectivity index (χ1) is 25.8. The number of hydrogen-bond acceptors (Lipinski definition) is 2. The van der Waals surface area contributed by atoms with E-state index in [4.69, 9.17) is 9.47 Å². The Morgan fingerprint density at radius 3 is 2.54 bits per heavy atom. The van der Waals surface area contributed by atoms with Crippen molar-refractivity contribution in [3.8, 4) is 22.6 Å². The molecule has 5 aliphatic carbocycles. The molecule has 52 heavy (non-hydrogen) atoms. The maximum absolute atomic E-state index is 7.06. The van der Waals surface area contributed by atoms with E-state index in [2.05, 4.69) is 138 Å². The Labute approximate surface area is 307 Å². The molecule has 0 N–H and O–H groups in total. The molecule has 0 radical (unpaired) electrons. The molecule has 2 aliphatic heterocycles. The lowest BCUT2D eigenvalue weighted by atomic mass is 9.52. The van der Waals surface area contributed by atoms with Gasteiger partial charge in [-0.25, -0.2) is 0 Å². The second kappa shape index (κ2) is 12.0. The zero-order valence-electron chi connectivity index (χ0n) is 29.7. The second-order valence-electron chi connectivity index (χ2n) is 15.9. The normalized spacial score (nSPS) is 28.2. The fourth-order valence-electron chi connectivity index (χ4n) is 11.2. The van der Waals surface area contributed by atoms with Crippen molar-refractivity contribution < 1.29 is 9.47 Å². The van der Waals surface area contributed by atoms with Gasteiger partial charge in [-0.05, 0) is 115 Å². The third-order valence-electron chi connectivity index (χ3n) is 13.3. The number of aryl methyl sites for hydroxylation is 1. The highest BCUT2D eigenvalue weighted by molar-refractivity contribution is 6.01. The Bertz CT molecular complexity index is 2330. The van der Waals surface area contributed by atoms with Gasteiger partial charge in [-0.2, -0.15) is 0 Å². The van der Waals surface area contributed by atoms with Gasteiger partial charge in [0.25, 0.3) is 0 Å². The molecule has 3 aromatic carbocycles. The van der Waals surface area contributed by atoms with Gasteiger partial charge < -0.3 is 14.0 Å². The summed E-state index contributed by atoms with van der Waals surface area (Å²) in [6, 6.07) is 23.3. The zero-order valence-corrected chi connectivity index (χ0v) is 29.7. The van der Waals surface area contributed by atoms with Crippen LogP contribution in [0.15, 0.2) is 139 Å². The van der Waals surface area contributed by atoms with Crippen LogP contribution in [0.3, 0.4) is 0 Å². The quantitative estimate of drug-likeness (QED) is 0.215. The van der Waals surface area contributed by atoms with Gasteiger partial charge in [-0.3, -0.25) is 0 Å². The van der Waals surface area contributed by atoms with Gasteiger partial charge in [0.05, 0.1) is 11.5 Å². The average molecular weight is 680 g/mol. The third kappa shape index (κ3) is 4.38. The van der Waals surface area contributed by atoms with E-state index < -0.39 is 5.41 Å². The highest BCUT2D eigenvalue weighted by Crippen LogP contribution is 2.64. The minimum Gasteiger partial charge on any atom is -0.486 e. The first-order valence-corrected chi connectivity index (χ1v) is 19.8. The van der Waals surface area contributed by atoms with Crippen molar-refractivity contribution in [1.29, 1.82) is 0 Å². The summed E-state index contributed by atoms with van der Waals surface area (Å²) < 4.78 is 16.6. The average Bonchev–Trinajstić information content (AvgIpc) is 3.56. The summed E-state index contributed by atoms with van der Waals surface area (Å²) in [4.78, 5) is 0. The van der Waals surface area contributed by atoms with Gasteiger partial charge in [-0.1, -0.05) is 110 Å². The van der Waals surface area contributed by atoms with Crippen molar-refractivity contribution >= 4 is 17.0 Å². The van der Waals surface area contributed by atoms with Crippen LogP contribution in [0.2, 0.25) is 0 Å². The number of benzene rings is 3. The standard InChI is InChI=1S/C49H45NO2/c1-3-15-32(16-4-1)36-21-14-28-46-48(36)49(39-23-9-12-27-44(39)52-46)38-22-8-11-26-43(38)51-45-30-29-33(31-40(45)49)35-20-13-25-42-47(35)37-19-7-10-24-41(37)50(42)34-17-5-2-6-18-34/h2,5-6,8-14,17,20,22-32,34,36,39,44H,1,3-4,7,15-16,18-19,21H2. The minimum atomic E-state index is -0.423. The molecule has 3 nitrogen and oxygen atoms in total. The molecule has 3 heteroatoms. The summed E-state index contributed by atoms with van der Waals surface area (Å²) in [6.07, 6.45) is 38.4. The lowest BCUT2D eigenvalue weighted by molar-refractivity contribution is 0.0584. The number of aromatic nitrogens is 1. The van der Waals surface area contributed by atoms with E-state index in [1.54, 1.807) is 0 Å². The van der Waals surface area contributed by atoms with Crippen LogP contribution in [0.5, 0.6) is 11.5 Å². The summed E-state index contributed by atoms with van der Waals surface area (Å²) in [7, 11) is 0. The molecule has 5 atom stereocenters. The third-order valence-corrected chi connectivity index (χ3v) is 13.3. The number of para-hydroxylation sites is 1. The highest BCUT2D eigenvalue weighted by Gasteiger charge is 2.58. The SMILES string of the molecule is C1=CCC(n2c3c(c4c(-c5ccc6c(c5)C5(C7=C(C=CCC7C7CCCCC7)OC7C=CC=CC75)c5ccccc5O6)cccc42)CCC=C3)C=C1. The Morgan fingerprint density at radius 1 is 0.731 bits per heavy atom. The summed E-state index contributed by atoms with van der Waals surface area (Å²) in [5.74, 6) is 4.23. The number of hydrogen-bond donors (Lipinski definition) is 0. The van der Waals surface area contributed by atoms with Crippen molar-refractivity contribution in [3.05, 3.63) is 161 Å². The lowest BCUT2D eigenvalue weighted by Crippen LogP contribution is -2.52. The Kier molecular flexibility index (Phi) is 7.07. The molecule has 1 saturated carbocycles. The largest absolute Gasteiger partial charge is 0.486 e. The van der Waals surface area contributed by atoms with Crippen molar-refractivity contribution in [2.24, 2.45) is 17.8 Å². The molecule has 0 saturated heterocycles. The molecule has 7 aliphatic rings. The van der Waals surface area contributed by atoms with Crippen LogP contribution in [0, 0.1) is 17.8 Å². The highest BCUT2D eigenvalue weighted by atomic mass is 16.5. The van der Waals surface area contributed by atoms with Gasteiger partial charge in [0.15, 0.2) is 0 Å². The van der Waals surface area contributed by atoms with Crippen molar-refractivity contribution in [3.63, 3.8) is 0 Å². The van der Waals surface area contributed by atoms with E-state index in [9.17, 15) is 0 Å². The predicted octanol–water partition coefficient (Wildman–Crippen LogP) is 12.3. The molecule has 1 fully saturated rings. The molecule has 258 valence electrons. The van der Waals surface area contributed by atoms with Gasteiger partial charge in [0, 0.05) is 33.6 Å². The van der Waals surface area contributed by atoms with E-state index in [1.165, 1.54) is 82.1 Å². The van der Waals surface area contributed by atoms with E-state index >= 15 is 0 Å². The van der Waals surface area contributed by atoms with Crippen molar-refractivity contribution in [2.75, 3.05) is 0 Å². The molecule has 3 heterocycles. The van der Waals surface area contributed by atoms with Crippen LogP contribution in [-0.2, 0) is 16.6 Å². The molecule has 0 bridgehead atoms. The van der Waals surface area contributed by atoms with Gasteiger partial charge in [0.2, 0.25) is 0 Å². The minimum absolute atomic E-state index is 0.0602. The van der Waals surface area contributed by atoms with Crippen LogP contribution in [0.25, 0.3) is 28.1 Å². The monoisotopic (exact) mass is 679 g/mol. The summed E-state index contributed by atoms with van der Waals surface area (Å²) in [5.41, 5.74) is 10.4. The number of fused-ring (bicyclic) bond motifs is 10. The maximum atomic E-state index is 7.06. The first kappa shape index (κ1) is 30.6. The summed E-state index contributed by atoms with van der Waals surface area (Å²) >= 11 is 0. The fraction of sp³-hybridized carbons (Fsp3) is 0.306. The topological polar surface area (TPSA) is 23.4 Å². The van der Waals surface area contributed by atoms with E-state index in [0.717, 1.165) is 42.9 Å². The fourth-order valence-corrected chi connectivity index (χ4v) is 11.2. The lowest BCUT2D eigenvalue weighted by Gasteiger charge is -2.55. The van der Waals surface area contributed by atoms with Crippen LogP contribution in [0.1, 0.15) is 79.8 Å².